The molecule has 0 unspecified atom stereocenters. The number of amides is 1. The van der Waals surface area contributed by atoms with Gasteiger partial charge in [-0.2, -0.15) is 0 Å². The number of rotatable bonds is 7. The summed E-state index contributed by atoms with van der Waals surface area (Å²) in [6.45, 7) is 8.57. The maximum absolute atomic E-state index is 13.1. The van der Waals surface area contributed by atoms with Crippen LogP contribution in [0.3, 0.4) is 0 Å². The maximum atomic E-state index is 13.1. The Hall–Kier alpha value is -3.79. The summed E-state index contributed by atoms with van der Waals surface area (Å²) in [5, 5.41) is 3.03. The average Bonchev–Trinajstić information content (AvgIpc) is 3.41. The number of nitrogens with one attached hydrogen (secondary N) is 2. The third kappa shape index (κ3) is 5.95. The van der Waals surface area contributed by atoms with Crippen molar-refractivity contribution in [2.45, 2.75) is 6.42 Å². The Morgan fingerprint density at radius 3 is 2.59 bits per heavy atom. The van der Waals surface area contributed by atoms with E-state index < -0.39 is 0 Å². The molecule has 2 aliphatic heterocycles. The van der Waals surface area contributed by atoms with Crippen molar-refractivity contribution in [3.05, 3.63) is 71.9 Å². The van der Waals surface area contributed by atoms with Gasteiger partial charge in [0.15, 0.2) is 0 Å². The molecule has 2 fully saturated rings. The Labute approximate surface area is 228 Å². The van der Waals surface area contributed by atoms with Gasteiger partial charge in [0.2, 0.25) is 0 Å². The third-order valence-corrected chi connectivity index (χ3v) is 7.62. The number of ether oxygens (including phenoxy) is 1. The van der Waals surface area contributed by atoms with E-state index in [0.717, 1.165) is 86.2 Å². The van der Waals surface area contributed by atoms with E-state index in [1.165, 1.54) is 5.56 Å². The standard InChI is InChI=1S/C30H35N7O2/c1-35-13-15-36(16-14-35)12-10-22-4-7-24(8-5-22)32-30(38)23-6-9-26-27(21-23)34-28(33-26)25-3-2-11-31-29(25)37-17-19-39-20-18-37/h2-9,11,21H,10,12-20H2,1H3,(H,32,38)(H,33,34). The van der Waals surface area contributed by atoms with Gasteiger partial charge in [-0.15, -0.1) is 0 Å². The lowest BCUT2D eigenvalue weighted by Crippen LogP contribution is -2.45. The van der Waals surface area contributed by atoms with Gasteiger partial charge in [-0.05, 0) is 61.5 Å². The first-order valence-electron chi connectivity index (χ1n) is 13.7. The fourth-order valence-corrected chi connectivity index (χ4v) is 5.20. The van der Waals surface area contributed by atoms with Crippen molar-refractivity contribution < 1.29 is 9.53 Å². The highest BCUT2D eigenvalue weighted by Gasteiger charge is 2.19. The summed E-state index contributed by atoms with van der Waals surface area (Å²) >= 11 is 0. The Morgan fingerprint density at radius 2 is 1.79 bits per heavy atom. The molecule has 0 radical (unpaired) electrons. The van der Waals surface area contributed by atoms with E-state index >= 15 is 0 Å². The fraction of sp³-hybridized carbons (Fsp3) is 0.367. The van der Waals surface area contributed by atoms with Crippen LogP contribution in [0.15, 0.2) is 60.8 Å². The van der Waals surface area contributed by atoms with E-state index in [9.17, 15) is 4.79 Å². The van der Waals surface area contributed by atoms with Crippen molar-refractivity contribution in [3.8, 4) is 11.4 Å². The van der Waals surface area contributed by atoms with Crippen LogP contribution in [0, 0.1) is 0 Å². The molecule has 2 N–H and O–H groups in total. The molecule has 9 heteroatoms. The van der Waals surface area contributed by atoms with Gasteiger partial charge in [0.05, 0.1) is 29.8 Å². The Balaban J connectivity index is 1.12. The Morgan fingerprint density at radius 1 is 1.00 bits per heavy atom. The summed E-state index contributed by atoms with van der Waals surface area (Å²) < 4.78 is 5.50. The molecule has 4 heterocycles. The molecular weight excluding hydrogens is 490 g/mol. The van der Waals surface area contributed by atoms with Crippen molar-refractivity contribution in [3.63, 3.8) is 0 Å². The molecule has 0 aliphatic carbocycles. The van der Waals surface area contributed by atoms with E-state index in [0.29, 0.717) is 18.8 Å². The highest BCUT2D eigenvalue weighted by molar-refractivity contribution is 6.06. The number of hydrogen-bond acceptors (Lipinski definition) is 7. The van der Waals surface area contributed by atoms with E-state index in [1.54, 1.807) is 6.20 Å². The third-order valence-electron chi connectivity index (χ3n) is 7.62. The normalized spacial score (nSPS) is 17.0. The first-order valence-corrected chi connectivity index (χ1v) is 13.7. The number of anilines is 2. The molecule has 2 aromatic heterocycles. The number of benzene rings is 2. The second-order valence-electron chi connectivity index (χ2n) is 10.3. The number of aromatic amines is 1. The molecule has 2 saturated heterocycles. The fourth-order valence-electron chi connectivity index (χ4n) is 5.20. The molecule has 2 aromatic carbocycles. The quantitative estimate of drug-likeness (QED) is 0.382. The first-order chi connectivity index (χ1) is 19.1. The van der Waals surface area contributed by atoms with E-state index in [2.05, 4.69) is 49.2 Å². The van der Waals surface area contributed by atoms with Crippen LogP contribution in [0.2, 0.25) is 0 Å². The minimum Gasteiger partial charge on any atom is -0.378 e. The molecule has 0 bridgehead atoms. The SMILES string of the molecule is CN1CCN(CCc2ccc(NC(=O)c3ccc4nc(-c5cccnc5N5CCOCC5)[nH]c4c3)cc2)CC1. The molecule has 6 rings (SSSR count). The van der Waals surface area contributed by atoms with Crippen LogP contribution in [-0.4, -0.2) is 96.7 Å². The summed E-state index contributed by atoms with van der Waals surface area (Å²) in [6, 6.07) is 17.7. The predicted molar refractivity (Wildman–Crippen MR) is 154 cm³/mol. The number of fused-ring (bicyclic) bond motifs is 1. The number of likely N-dealkylation sites (N-methyl/N-ethyl adjacent to an activating group) is 1. The predicted octanol–water partition coefficient (Wildman–Crippen LogP) is 3.50. The van der Waals surface area contributed by atoms with Crippen LogP contribution in [-0.2, 0) is 11.2 Å². The van der Waals surface area contributed by atoms with Crippen LogP contribution in [0.5, 0.6) is 0 Å². The number of morpholine rings is 1. The van der Waals surface area contributed by atoms with Crippen LogP contribution in [0.25, 0.3) is 22.4 Å². The highest BCUT2D eigenvalue weighted by atomic mass is 16.5. The molecule has 4 aromatic rings. The lowest BCUT2D eigenvalue weighted by molar-refractivity contribution is 0.102. The zero-order valence-corrected chi connectivity index (χ0v) is 22.4. The zero-order chi connectivity index (χ0) is 26.6. The number of piperazine rings is 1. The number of hydrogen-bond donors (Lipinski definition) is 2. The minimum absolute atomic E-state index is 0.145. The van der Waals surface area contributed by atoms with Gasteiger partial charge in [-0.1, -0.05) is 12.1 Å². The molecule has 2 aliphatic rings. The largest absolute Gasteiger partial charge is 0.378 e. The molecule has 0 atom stereocenters. The molecule has 0 saturated carbocycles. The maximum Gasteiger partial charge on any atom is 0.255 e. The molecule has 9 nitrogen and oxygen atoms in total. The first kappa shape index (κ1) is 25.5. The number of nitrogens with zero attached hydrogens (tertiary/aromatic N) is 5. The van der Waals surface area contributed by atoms with Crippen molar-refractivity contribution in [2.75, 3.05) is 76.3 Å². The average molecular weight is 526 g/mol. The van der Waals surface area contributed by atoms with E-state index in [-0.39, 0.29) is 5.91 Å². The number of imidazole rings is 1. The monoisotopic (exact) mass is 525 g/mol. The van der Waals surface area contributed by atoms with Crippen LogP contribution in [0.1, 0.15) is 15.9 Å². The lowest BCUT2D eigenvalue weighted by Gasteiger charge is -2.32. The molecule has 39 heavy (non-hydrogen) atoms. The number of pyridine rings is 1. The van der Waals surface area contributed by atoms with Crippen molar-refractivity contribution in [2.24, 2.45) is 0 Å². The summed E-state index contributed by atoms with van der Waals surface area (Å²) in [5.74, 6) is 1.49. The van der Waals surface area contributed by atoms with Crippen LogP contribution in [0.4, 0.5) is 11.5 Å². The zero-order valence-electron chi connectivity index (χ0n) is 22.4. The van der Waals surface area contributed by atoms with Gasteiger partial charge in [-0.25, -0.2) is 9.97 Å². The topological polar surface area (TPSA) is 89.6 Å². The molecule has 202 valence electrons. The molecule has 1 amide bonds. The lowest BCUT2D eigenvalue weighted by atomic mass is 10.1. The smallest absolute Gasteiger partial charge is 0.255 e. The van der Waals surface area contributed by atoms with E-state index in [1.807, 2.05) is 42.5 Å². The second-order valence-corrected chi connectivity index (χ2v) is 10.3. The highest BCUT2D eigenvalue weighted by Crippen LogP contribution is 2.29. The van der Waals surface area contributed by atoms with Gasteiger partial charge in [0.1, 0.15) is 11.6 Å². The summed E-state index contributed by atoms with van der Waals surface area (Å²) in [5.41, 5.74) is 5.21. The Bertz CT molecular complexity index is 1420. The summed E-state index contributed by atoms with van der Waals surface area (Å²) in [7, 11) is 2.18. The van der Waals surface area contributed by atoms with Crippen molar-refractivity contribution in [1.82, 2.24) is 24.8 Å². The Kier molecular flexibility index (Phi) is 7.53. The van der Waals surface area contributed by atoms with Crippen LogP contribution < -0.4 is 10.2 Å². The summed E-state index contributed by atoms with van der Waals surface area (Å²) in [4.78, 5) is 33.0. The van der Waals surface area contributed by atoms with Gasteiger partial charge < -0.3 is 29.7 Å². The molecule has 0 spiro atoms. The second kappa shape index (κ2) is 11.5. The van der Waals surface area contributed by atoms with Crippen LogP contribution >= 0.6 is 0 Å². The summed E-state index contributed by atoms with van der Waals surface area (Å²) in [6.07, 6.45) is 2.82. The number of H-pyrrole nitrogens is 1. The number of carbonyl (C=O) groups excluding carboxylic acids is 1. The van der Waals surface area contributed by atoms with Crippen molar-refractivity contribution in [1.29, 1.82) is 0 Å². The van der Waals surface area contributed by atoms with E-state index in [4.69, 9.17) is 9.72 Å². The number of aromatic nitrogens is 3. The van der Waals surface area contributed by atoms with Gasteiger partial charge in [0, 0.05) is 63.3 Å². The van der Waals surface area contributed by atoms with Gasteiger partial charge >= 0.3 is 0 Å². The van der Waals surface area contributed by atoms with Gasteiger partial charge in [0.25, 0.3) is 5.91 Å². The minimum atomic E-state index is -0.145. The molecular formula is C30H35N7O2. The number of carbonyl (C=O) groups is 1. The van der Waals surface area contributed by atoms with Crippen molar-refractivity contribution >= 4 is 28.4 Å². The van der Waals surface area contributed by atoms with Gasteiger partial charge in [-0.3, -0.25) is 4.79 Å².